The molecule has 1 aromatic heterocycles. The molecule has 1 aliphatic rings. The van der Waals surface area contributed by atoms with Crippen LogP contribution in [0.25, 0.3) is 12.2 Å². The third kappa shape index (κ3) is 4.08. The number of rotatable bonds is 5. The summed E-state index contributed by atoms with van der Waals surface area (Å²) in [5, 5.41) is 3.92. The average molecular weight is 296 g/mol. The van der Waals surface area contributed by atoms with Crippen molar-refractivity contribution in [1.82, 2.24) is 10.1 Å². The molecule has 0 aliphatic carbocycles. The van der Waals surface area contributed by atoms with Crippen LogP contribution in [0.2, 0.25) is 0 Å². The van der Waals surface area contributed by atoms with Crippen molar-refractivity contribution in [2.24, 2.45) is 0 Å². The molecule has 1 saturated heterocycles. The van der Waals surface area contributed by atoms with E-state index in [2.05, 4.69) is 40.4 Å². The summed E-state index contributed by atoms with van der Waals surface area (Å²) in [7, 11) is 0. The first-order valence-corrected chi connectivity index (χ1v) is 8.23. The minimum Gasteiger partial charge on any atom is -0.357 e. The van der Waals surface area contributed by atoms with E-state index in [0.717, 1.165) is 24.4 Å². The van der Waals surface area contributed by atoms with Gasteiger partial charge in [0.2, 0.25) is 0 Å². The fraction of sp³-hybridized carbons (Fsp3) is 0.421. The highest BCUT2D eigenvalue weighted by molar-refractivity contribution is 5.69. The molecule has 2 heterocycles. The molecule has 3 rings (SSSR count). The highest BCUT2D eigenvalue weighted by Gasteiger charge is 2.10. The molecule has 116 valence electrons. The lowest BCUT2D eigenvalue weighted by atomic mass is 10.0. The van der Waals surface area contributed by atoms with Crippen LogP contribution in [0.15, 0.2) is 34.9 Å². The summed E-state index contributed by atoms with van der Waals surface area (Å²) in [4.78, 5) is 2.59. The fourth-order valence-corrected chi connectivity index (χ4v) is 3.02. The molecule has 0 bridgehead atoms. The second-order valence-corrected chi connectivity index (χ2v) is 6.06. The van der Waals surface area contributed by atoms with Gasteiger partial charge in [-0.05, 0) is 56.5 Å². The lowest BCUT2D eigenvalue weighted by Gasteiger charge is -2.26. The van der Waals surface area contributed by atoms with Crippen molar-refractivity contribution in [1.29, 1.82) is 0 Å². The Bertz CT molecular complexity index is 624. The lowest BCUT2D eigenvalue weighted by molar-refractivity contribution is 0.231. The Labute approximate surface area is 132 Å². The van der Waals surface area contributed by atoms with Gasteiger partial charge in [-0.25, -0.2) is 0 Å². The van der Waals surface area contributed by atoms with E-state index in [-0.39, 0.29) is 0 Å². The van der Waals surface area contributed by atoms with Crippen molar-refractivity contribution in [2.75, 3.05) is 19.6 Å². The van der Waals surface area contributed by atoms with Crippen LogP contribution >= 0.6 is 0 Å². The van der Waals surface area contributed by atoms with E-state index < -0.39 is 0 Å². The zero-order valence-corrected chi connectivity index (χ0v) is 13.3. The van der Waals surface area contributed by atoms with Gasteiger partial charge in [0.25, 0.3) is 0 Å². The summed E-state index contributed by atoms with van der Waals surface area (Å²) >= 11 is 0. The Morgan fingerprint density at radius 1 is 1.14 bits per heavy atom. The first-order valence-electron chi connectivity index (χ1n) is 8.23. The van der Waals surface area contributed by atoms with Gasteiger partial charge in [-0.3, -0.25) is 0 Å². The van der Waals surface area contributed by atoms with Crippen LogP contribution in [0, 0.1) is 6.92 Å². The molecule has 1 aromatic carbocycles. The minimum atomic E-state index is 0.809. The van der Waals surface area contributed by atoms with Gasteiger partial charge < -0.3 is 9.42 Å². The number of piperidine rings is 1. The number of hydrogen-bond donors (Lipinski definition) is 0. The summed E-state index contributed by atoms with van der Waals surface area (Å²) < 4.78 is 5.24. The SMILES string of the molecule is Cc1cc(/C=C/c2ccccc2CCN2CCCCC2)on1. The van der Waals surface area contributed by atoms with Gasteiger partial charge >= 0.3 is 0 Å². The minimum absolute atomic E-state index is 0.809. The summed E-state index contributed by atoms with van der Waals surface area (Å²) in [6.07, 6.45) is 9.34. The second kappa shape index (κ2) is 7.41. The van der Waals surface area contributed by atoms with Crippen LogP contribution in [0.5, 0.6) is 0 Å². The maximum Gasteiger partial charge on any atom is 0.159 e. The molecule has 22 heavy (non-hydrogen) atoms. The monoisotopic (exact) mass is 296 g/mol. The molecule has 0 amide bonds. The Morgan fingerprint density at radius 2 is 1.95 bits per heavy atom. The number of aryl methyl sites for hydroxylation is 1. The average Bonchev–Trinajstić information content (AvgIpc) is 2.98. The summed E-state index contributed by atoms with van der Waals surface area (Å²) in [5.74, 6) is 0.809. The van der Waals surface area contributed by atoms with Crippen LogP contribution < -0.4 is 0 Å². The molecule has 3 nitrogen and oxygen atoms in total. The van der Waals surface area contributed by atoms with Crippen LogP contribution in [-0.4, -0.2) is 29.7 Å². The van der Waals surface area contributed by atoms with Gasteiger partial charge in [0, 0.05) is 12.6 Å². The number of nitrogens with zero attached hydrogens (tertiary/aromatic N) is 2. The Balaban J connectivity index is 1.65. The van der Waals surface area contributed by atoms with Crippen molar-refractivity contribution in [2.45, 2.75) is 32.6 Å². The largest absolute Gasteiger partial charge is 0.357 e. The van der Waals surface area contributed by atoms with Crippen LogP contribution in [0.4, 0.5) is 0 Å². The first kappa shape index (κ1) is 15.0. The van der Waals surface area contributed by atoms with Crippen molar-refractivity contribution < 1.29 is 4.52 Å². The number of benzene rings is 1. The molecule has 0 unspecified atom stereocenters. The molecular formula is C19H24N2O. The zero-order valence-electron chi connectivity index (χ0n) is 13.3. The van der Waals surface area contributed by atoms with E-state index in [1.165, 1.54) is 43.5 Å². The number of hydrogen-bond acceptors (Lipinski definition) is 3. The first-order chi connectivity index (χ1) is 10.8. The Hall–Kier alpha value is -1.87. The summed E-state index contributed by atoms with van der Waals surface area (Å²) in [6, 6.07) is 10.6. The topological polar surface area (TPSA) is 29.3 Å². The van der Waals surface area contributed by atoms with Gasteiger partial charge in [0.05, 0.1) is 5.69 Å². The molecular weight excluding hydrogens is 272 g/mol. The molecule has 1 fully saturated rings. The molecule has 0 atom stereocenters. The van der Waals surface area contributed by atoms with Gasteiger partial charge in [-0.2, -0.15) is 0 Å². The van der Waals surface area contributed by atoms with Gasteiger partial charge in [0.1, 0.15) is 0 Å². The Kier molecular flexibility index (Phi) is 5.07. The van der Waals surface area contributed by atoms with Crippen molar-refractivity contribution in [3.8, 4) is 0 Å². The molecule has 0 radical (unpaired) electrons. The molecule has 1 aliphatic heterocycles. The summed E-state index contributed by atoms with van der Waals surface area (Å²) in [6.45, 7) is 5.62. The molecule has 0 saturated carbocycles. The second-order valence-electron chi connectivity index (χ2n) is 6.06. The highest BCUT2D eigenvalue weighted by Crippen LogP contribution is 2.16. The third-order valence-corrected chi connectivity index (χ3v) is 4.27. The van der Waals surface area contributed by atoms with Crippen molar-refractivity contribution in [3.63, 3.8) is 0 Å². The smallest absolute Gasteiger partial charge is 0.159 e. The van der Waals surface area contributed by atoms with Gasteiger partial charge in [-0.15, -0.1) is 0 Å². The fourth-order valence-electron chi connectivity index (χ4n) is 3.02. The standard InChI is InChI=1S/C19H24N2O/c1-16-15-19(22-20-16)10-9-17-7-3-4-8-18(17)11-14-21-12-5-2-6-13-21/h3-4,7-10,15H,2,5-6,11-14H2,1H3/b10-9+. The van der Waals surface area contributed by atoms with Crippen LogP contribution in [0.3, 0.4) is 0 Å². The number of likely N-dealkylation sites (tertiary alicyclic amines) is 1. The number of aromatic nitrogens is 1. The van der Waals surface area contributed by atoms with E-state index in [0.29, 0.717) is 0 Å². The normalized spacial score (nSPS) is 16.4. The van der Waals surface area contributed by atoms with E-state index in [1.54, 1.807) is 0 Å². The Morgan fingerprint density at radius 3 is 2.73 bits per heavy atom. The van der Waals surface area contributed by atoms with Gasteiger partial charge in [0.15, 0.2) is 5.76 Å². The molecule has 0 spiro atoms. The summed E-state index contributed by atoms with van der Waals surface area (Å²) in [5.41, 5.74) is 3.59. The van der Waals surface area contributed by atoms with E-state index in [4.69, 9.17) is 4.52 Å². The van der Waals surface area contributed by atoms with Crippen molar-refractivity contribution in [3.05, 3.63) is 52.9 Å². The van der Waals surface area contributed by atoms with E-state index in [9.17, 15) is 0 Å². The molecule has 3 heteroatoms. The zero-order chi connectivity index (χ0) is 15.2. The molecule has 2 aromatic rings. The molecule has 0 N–H and O–H groups in total. The predicted octanol–water partition coefficient (Wildman–Crippen LogP) is 4.18. The van der Waals surface area contributed by atoms with E-state index in [1.807, 2.05) is 19.1 Å². The van der Waals surface area contributed by atoms with Crippen LogP contribution in [-0.2, 0) is 6.42 Å². The quantitative estimate of drug-likeness (QED) is 0.829. The lowest BCUT2D eigenvalue weighted by Crippen LogP contribution is -2.31. The maximum absolute atomic E-state index is 5.24. The maximum atomic E-state index is 5.24. The van der Waals surface area contributed by atoms with Crippen LogP contribution in [0.1, 0.15) is 41.8 Å². The van der Waals surface area contributed by atoms with Crippen molar-refractivity contribution >= 4 is 12.2 Å². The predicted molar refractivity (Wildman–Crippen MR) is 90.6 cm³/mol. The van der Waals surface area contributed by atoms with E-state index >= 15 is 0 Å². The highest BCUT2D eigenvalue weighted by atomic mass is 16.5. The van der Waals surface area contributed by atoms with Gasteiger partial charge in [-0.1, -0.05) is 41.9 Å². The third-order valence-electron chi connectivity index (χ3n) is 4.27.